The topological polar surface area (TPSA) is 21.3 Å². The third kappa shape index (κ3) is 3.11. The van der Waals surface area contributed by atoms with Gasteiger partial charge in [0.25, 0.3) is 0 Å². The van der Waals surface area contributed by atoms with Crippen LogP contribution >= 0.6 is 15.9 Å². The summed E-state index contributed by atoms with van der Waals surface area (Å²) in [6.07, 6.45) is 0. The standard InChI is InChI=1S/C10H12BrNO/c1-8(11)7-12-9-5-3-4-6-10(9)13-2/h3-6,12H,1,7H2,2H3. The Bertz CT molecular complexity index is 299. The van der Waals surface area contributed by atoms with E-state index in [1.807, 2.05) is 24.3 Å². The van der Waals surface area contributed by atoms with Crippen LogP contribution in [-0.2, 0) is 0 Å². The van der Waals surface area contributed by atoms with Crippen molar-refractivity contribution in [2.75, 3.05) is 19.0 Å². The van der Waals surface area contributed by atoms with E-state index in [0.717, 1.165) is 15.9 Å². The van der Waals surface area contributed by atoms with Crippen LogP contribution in [0.3, 0.4) is 0 Å². The molecule has 0 radical (unpaired) electrons. The Morgan fingerprint density at radius 3 is 2.85 bits per heavy atom. The maximum Gasteiger partial charge on any atom is 0.141 e. The van der Waals surface area contributed by atoms with Gasteiger partial charge in [-0.1, -0.05) is 34.6 Å². The van der Waals surface area contributed by atoms with Crippen LogP contribution in [0.4, 0.5) is 5.69 Å². The van der Waals surface area contributed by atoms with Crippen molar-refractivity contribution >= 4 is 21.6 Å². The summed E-state index contributed by atoms with van der Waals surface area (Å²) >= 11 is 3.28. The van der Waals surface area contributed by atoms with Crippen molar-refractivity contribution in [1.29, 1.82) is 0 Å². The van der Waals surface area contributed by atoms with Gasteiger partial charge in [0.2, 0.25) is 0 Å². The van der Waals surface area contributed by atoms with Gasteiger partial charge >= 0.3 is 0 Å². The summed E-state index contributed by atoms with van der Waals surface area (Å²) < 4.78 is 6.09. The molecule has 0 amide bonds. The Morgan fingerprint density at radius 2 is 2.23 bits per heavy atom. The summed E-state index contributed by atoms with van der Waals surface area (Å²) in [5.41, 5.74) is 0.977. The molecule has 70 valence electrons. The smallest absolute Gasteiger partial charge is 0.141 e. The summed E-state index contributed by atoms with van der Waals surface area (Å²) in [6.45, 7) is 4.43. The van der Waals surface area contributed by atoms with Gasteiger partial charge in [0, 0.05) is 11.0 Å². The molecular weight excluding hydrogens is 230 g/mol. The molecule has 1 aromatic carbocycles. The third-order valence-electron chi connectivity index (χ3n) is 1.58. The number of anilines is 1. The predicted molar refractivity (Wildman–Crippen MR) is 59.6 cm³/mol. The van der Waals surface area contributed by atoms with Crippen molar-refractivity contribution in [2.45, 2.75) is 0 Å². The zero-order chi connectivity index (χ0) is 9.68. The van der Waals surface area contributed by atoms with Gasteiger partial charge in [-0.25, -0.2) is 0 Å². The summed E-state index contributed by atoms with van der Waals surface area (Å²) in [7, 11) is 1.66. The van der Waals surface area contributed by atoms with Gasteiger partial charge in [-0.2, -0.15) is 0 Å². The van der Waals surface area contributed by atoms with E-state index in [4.69, 9.17) is 4.74 Å². The molecule has 0 atom stereocenters. The van der Waals surface area contributed by atoms with Crippen molar-refractivity contribution in [3.05, 3.63) is 35.3 Å². The van der Waals surface area contributed by atoms with Crippen molar-refractivity contribution < 1.29 is 4.74 Å². The van der Waals surface area contributed by atoms with E-state index in [9.17, 15) is 0 Å². The minimum Gasteiger partial charge on any atom is -0.495 e. The molecule has 0 aliphatic heterocycles. The molecule has 1 rings (SSSR count). The zero-order valence-electron chi connectivity index (χ0n) is 7.51. The molecule has 0 spiro atoms. The highest BCUT2D eigenvalue weighted by molar-refractivity contribution is 9.11. The molecule has 3 heteroatoms. The number of ether oxygens (including phenoxy) is 1. The molecule has 0 heterocycles. The fraction of sp³-hybridized carbons (Fsp3) is 0.200. The highest BCUT2D eigenvalue weighted by Crippen LogP contribution is 2.23. The van der Waals surface area contributed by atoms with Gasteiger partial charge in [0.1, 0.15) is 5.75 Å². The summed E-state index contributed by atoms with van der Waals surface area (Å²) in [5.74, 6) is 0.844. The van der Waals surface area contributed by atoms with Gasteiger partial charge in [-0.15, -0.1) is 0 Å². The first-order chi connectivity index (χ1) is 6.24. The lowest BCUT2D eigenvalue weighted by Crippen LogP contribution is -2.02. The molecule has 2 nitrogen and oxygen atoms in total. The maximum absolute atomic E-state index is 5.17. The van der Waals surface area contributed by atoms with Crippen LogP contribution in [-0.4, -0.2) is 13.7 Å². The van der Waals surface area contributed by atoms with E-state index in [0.29, 0.717) is 6.54 Å². The quantitative estimate of drug-likeness (QED) is 0.876. The molecule has 0 bridgehead atoms. The highest BCUT2D eigenvalue weighted by atomic mass is 79.9. The third-order valence-corrected chi connectivity index (χ3v) is 1.86. The molecule has 0 aliphatic rings. The average Bonchev–Trinajstić information content (AvgIpc) is 2.15. The highest BCUT2D eigenvalue weighted by Gasteiger charge is 1.99. The van der Waals surface area contributed by atoms with Crippen LogP contribution in [0.25, 0.3) is 0 Å². The van der Waals surface area contributed by atoms with E-state index < -0.39 is 0 Å². The van der Waals surface area contributed by atoms with Crippen LogP contribution < -0.4 is 10.1 Å². The molecule has 0 fully saturated rings. The molecular formula is C10H12BrNO. The SMILES string of the molecule is C=C(Br)CNc1ccccc1OC. The predicted octanol–water partition coefficient (Wildman–Crippen LogP) is 3.02. The van der Waals surface area contributed by atoms with E-state index in [-0.39, 0.29) is 0 Å². The second kappa shape index (κ2) is 4.92. The van der Waals surface area contributed by atoms with Crippen LogP contribution in [0.5, 0.6) is 5.75 Å². The molecule has 13 heavy (non-hydrogen) atoms. The van der Waals surface area contributed by atoms with Crippen LogP contribution in [0.15, 0.2) is 35.3 Å². The number of para-hydroxylation sites is 2. The number of nitrogens with one attached hydrogen (secondary N) is 1. The monoisotopic (exact) mass is 241 g/mol. The molecule has 0 unspecified atom stereocenters. The molecule has 0 saturated carbocycles. The lowest BCUT2D eigenvalue weighted by Gasteiger charge is -2.09. The maximum atomic E-state index is 5.17. The normalized spacial score (nSPS) is 9.38. The number of halogens is 1. The van der Waals surface area contributed by atoms with Gasteiger partial charge in [0.05, 0.1) is 12.8 Å². The second-order valence-corrected chi connectivity index (χ2v) is 3.69. The second-order valence-electron chi connectivity index (χ2n) is 2.57. The average molecular weight is 242 g/mol. The lowest BCUT2D eigenvalue weighted by atomic mass is 10.3. The summed E-state index contributed by atoms with van der Waals surface area (Å²) in [5, 5.41) is 3.19. The van der Waals surface area contributed by atoms with Gasteiger partial charge < -0.3 is 10.1 Å². The van der Waals surface area contributed by atoms with Crippen molar-refractivity contribution in [3.63, 3.8) is 0 Å². The van der Waals surface area contributed by atoms with E-state index >= 15 is 0 Å². The Morgan fingerprint density at radius 1 is 1.54 bits per heavy atom. The number of methoxy groups -OCH3 is 1. The number of benzene rings is 1. The first-order valence-electron chi connectivity index (χ1n) is 3.94. The Hall–Kier alpha value is -0.960. The molecule has 1 N–H and O–H groups in total. The van der Waals surface area contributed by atoms with E-state index in [1.54, 1.807) is 7.11 Å². The number of hydrogen-bond acceptors (Lipinski definition) is 2. The zero-order valence-corrected chi connectivity index (χ0v) is 9.10. The molecule has 0 aromatic heterocycles. The fourth-order valence-electron chi connectivity index (χ4n) is 0.982. The van der Waals surface area contributed by atoms with Crippen LogP contribution in [0.1, 0.15) is 0 Å². The van der Waals surface area contributed by atoms with E-state index in [1.165, 1.54) is 0 Å². The molecule has 1 aromatic rings. The van der Waals surface area contributed by atoms with Crippen molar-refractivity contribution in [1.82, 2.24) is 0 Å². The Labute approximate surface area is 86.7 Å². The van der Waals surface area contributed by atoms with Crippen LogP contribution in [0.2, 0.25) is 0 Å². The minimum atomic E-state index is 0.695. The largest absolute Gasteiger partial charge is 0.495 e. The van der Waals surface area contributed by atoms with Crippen molar-refractivity contribution in [3.8, 4) is 5.75 Å². The molecule has 0 aliphatic carbocycles. The summed E-state index contributed by atoms with van der Waals surface area (Å²) in [4.78, 5) is 0. The Kier molecular flexibility index (Phi) is 3.83. The van der Waals surface area contributed by atoms with Gasteiger partial charge in [-0.05, 0) is 12.1 Å². The first kappa shape index (κ1) is 10.1. The minimum absolute atomic E-state index is 0.695. The van der Waals surface area contributed by atoms with E-state index in [2.05, 4.69) is 27.8 Å². The first-order valence-corrected chi connectivity index (χ1v) is 4.73. The van der Waals surface area contributed by atoms with Crippen LogP contribution in [0, 0.1) is 0 Å². The van der Waals surface area contributed by atoms with Gasteiger partial charge in [-0.3, -0.25) is 0 Å². The number of rotatable bonds is 4. The lowest BCUT2D eigenvalue weighted by molar-refractivity contribution is 0.416. The van der Waals surface area contributed by atoms with Gasteiger partial charge in [0.15, 0.2) is 0 Å². The summed E-state index contributed by atoms with van der Waals surface area (Å²) in [6, 6.07) is 7.78. The number of hydrogen-bond donors (Lipinski definition) is 1. The molecule has 0 saturated heterocycles. The Balaban J connectivity index is 2.69. The fourth-order valence-corrected chi connectivity index (χ4v) is 1.12. The van der Waals surface area contributed by atoms with Crippen molar-refractivity contribution in [2.24, 2.45) is 0 Å².